The van der Waals surface area contributed by atoms with E-state index in [0.29, 0.717) is 5.95 Å². The van der Waals surface area contributed by atoms with Gasteiger partial charge in [0.2, 0.25) is 5.95 Å². The maximum Gasteiger partial charge on any atom is 0.224 e. The van der Waals surface area contributed by atoms with E-state index in [0.717, 1.165) is 11.5 Å². The summed E-state index contributed by atoms with van der Waals surface area (Å²) in [6, 6.07) is 8.42. The van der Waals surface area contributed by atoms with Crippen molar-refractivity contribution in [3.8, 4) is 0 Å². The van der Waals surface area contributed by atoms with Crippen LogP contribution in [0.15, 0.2) is 30.5 Å². The second kappa shape index (κ2) is 4.64. The summed E-state index contributed by atoms with van der Waals surface area (Å²) in [7, 11) is 1.81. The fourth-order valence-corrected chi connectivity index (χ4v) is 2.35. The maximum atomic E-state index is 4.35. The van der Waals surface area contributed by atoms with Crippen molar-refractivity contribution in [2.45, 2.75) is 19.3 Å². The Balaban J connectivity index is 1.83. The van der Waals surface area contributed by atoms with Gasteiger partial charge in [0.05, 0.1) is 0 Å². The van der Waals surface area contributed by atoms with Crippen LogP contribution in [0.5, 0.6) is 0 Å². The molecule has 0 amide bonds. The summed E-state index contributed by atoms with van der Waals surface area (Å²) < 4.78 is 0. The second-order valence-corrected chi connectivity index (χ2v) is 4.48. The van der Waals surface area contributed by atoms with Crippen molar-refractivity contribution in [3.63, 3.8) is 0 Å². The number of benzene rings is 1. The predicted octanol–water partition coefficient (Wildman–Crippen LogP) is 2.75. The number of rotatable bonds is 3. The first-order valence-electron chi connectivity index (χ1n) is 6.25. The molecule has 0 saturated carbocycles. The Labute approximate surface area is 106 Å². The molecule has 0 atom stereocenters. The monoisotopic (exact) mass is 240 g/mol. The van der Waals surface area contributed by atoms with Crippen LogP contribution in [0.1, 0.15) is 17.5 Å². The standard InChI is InChI=1S/C14H16N4/c1-15-14-16-8-7-13(18-14)17-12-6-5-10-3-2-4-11(10)9-12/h5-9H,2-4H2,1H3,(H2,15,16,17,18). The van der Waals surface area contributed by atoms with Crippen molar-refractivity contribution < 1.29 is 0 Å². The van der Waals surface area contributed by atoms with Gasteiger partial charge in [0.15, 0.2) is 0 Å². The van der Waals surface area contributed by atoms with E-state index in [-0.39, 0.29) is 0 Å². The van der Waals surface area contributed by atoms with Gasteiger partial charge in [0.1, 0.15) is 5.82 Å². The van der Waals surface area contributed by atoms with Crippen LogP contribution >= 0.6 is 0 Å². The van der Waals surface area contributed by atoms with Gasteiger partial charge in [0, 0.05) is 18.9 Å². The molecule has 0 radical (unpaired) electrons. The van der Waals surface area contributed by atoms with E-state index >= 15 is 0 Å². The van der Waals surface area contributed by atoms with E-state index in [1.54, 1.807) is 6.20 Å². The zero-order valence-corrected chi connectivity index (χ0v) is 10.4. The first-order valence-corrected chi connectivity index (χ1v) is 6.25. The molecule has 1 aliphatic rings. The average molecular weight is 240 g/mol. The summed E-state index contributed by atoms with van der Waals surface area (Å²) in [6.45, 7) is 0. The molecule has 0 fully saturated rings. The van der Waals surface area contributed by atoms with Gasteiger partial charge in [-0.25, -0.2) is 4.98 Å². The fraction of sp³-hybridized carbons (Fsp3) is 0.286. The molecular formula is C14H16N4. The topological polar surface area (TPSA) is 49.8 Å². The number of nitrogens with zero attached hydrogens (tertiary/aromatic N) is 2. The zero-order valence-electron chi connectivity index (χ0n) is 10.4. The molecule has 0 spiro atoms. The summed E-state index contributed by atoms with van der Waals surface area (Å²) in [5, 5.41) is 6.25. The SMILES string of the molecule is CNc1nccc(Nc2ccc3c(c2)CCC3)n1. The molecule has 1 aromatic heterocycles. The molecule has 0 aliphatic heterocycles. The lowest BCUT2D eigenvalue weighted by molar-refractivity contribution is 0.912. The Kier molecular flexibility index (Phi) is 2.84. The lowest BCUT2D eigenvalue weighted by Crippen LogP contribution is -2.00. The molecule has 1 heterocycles. The minimum atomic E-state index is 0.626. The van der Waals surface area contributed by atoms with Crippen LogP contribution in [0.2, 0.25) is 0 Å². The lowest BCUT2D eigenvalue weighted by Gasteiger charge is -2.08. The minimum absolute atomic E-state index is 0.626. The van der Waals surface area contributed by atoms with E-state index in [9.17, 15) is 0 Å². The van der Waals surface area contributed by atoms with Crippen LogP contribution in [0.25, 0.3) is 0 Å². The smallest absolute Gasteiger partial charge is 0.224 e. The molecule has 1 aromatic carbocycles. The molecule has 4 nitrogen and oxygen atoms in total. The molecule has 0 saturated heterocycles. The molecule has 2 N–H and O–H groups in total. The van der Waals surface area contributed by atoms with Crippen molar-refractivity contribution in [1.29, 1.82) is 0 Å². The Morgan fingerprint density at radius 1 is 1.11 bits per heavy atom. The Hall–Kier alpha value is -2.10. The van der Waals surface area contributed by atoms with Gasteiger partial charge in [-0.15, -0.1) is 0 Å². The van der Waals surface area contributed by atoms with Crippen LogP contribution in [-0.2, 0) is 12.8 Å². The lowest BCUT2D eigenvalue weighted by atomic mass is 10.1. The third-order valence-corrected chi connectivity index (χ3v) is 3.25. The highest BCUT2D eigenvalue weighted by atomic mass is 15.1. The van der Waals surface area contributed by atoms with Gasteiger partial charge in [-0.2, -0.15) is 4.98 Å². The maximum absolute atomic E-state index is 4.35. The molecule has 0 unspecified atom stereocenters. The number of nitrogens with one attached hydrogen (secondary N) is 2. The summed E-state index contributed by atoms with van der Waals surface area (Å²) in [6.07, 6.45) is 5.42. The molecule has 0 bridgehead atoms. The highest BCUT2D eigenvalue weighted by Crippen LogP contribution is 2.26. The third-order valence-electron chi connectivity index (χ3n) is 3.25. The first-order chi connectivity index (χ1) is 8.85. The quantitative estimate of drug-likeness (QED) is 0.866. The average Bonchev–Trinajstić information content (AvgIpc) is 2.86. The summed E-state index contributed by atoms with van der Waals surface area (Å²) in [5.74, 6) is 1.44. The van der Waals surface area contributed by atoms with Crippen molar-refractivity contribution in [3.05, 3.63) is 41.6 Å². The largest absolute Gasteiger partial charge is 0.357 e. The molecule has 18 heavy (non-hydrogen) atoms. The van der Waals surface area contributed by atoms with Gasteiger partial charge >= 0.3 is 0 Å². The van der Waals surface area contributed by atoms with E-state index in [4.69, 9.17) is 0 Å². The predicted molar refractivity (Wildman–Crippen MR) is 73.3 cm³/mol. The van der Waals surface area contributed by atoms with Crippen molar-refractivity contribution >= 4 is 17.5 Å². The van der Waals surface area contributed by atoms with Crippen LogP contribution in [0, 0.1) is 0 Å². The van der Waals surface area contributed by atoms with Gasteiger partial charge in [-0.3, -0.25) is 0 Å². The first kappa shape index (κ1) is 11.0. The Morgan fingerprint density at radius 2 is 2.00 bits per heavy atom. The minimum Gasteiger partial charge on any atom is -0.357 e. The molecular weight excluding hydrogens is 224 g/mol. The molecule has 1 aliphatic carbocycles. The van der Waals surface area contributed by atoms with Crippen molar-refractivity contribution in [2.24, 2.45) is 0 Å². The van der Waals surface area contributed by atoms with Gasteiger partial charge in [0.25, 0.3) is 0 Å². The van der Waals surface area contributed by atoms with E-state index in [1.807, 2.05) is 13.1 Å². The Morgan fingerprint density at radius 3 is 2.89 bits per heavy atom. The number of aryl methyl sites for hydroxylation is 2. The van der Waals surface area contributed by atoms with Crippen LogP contribution in [-0.4, -0.2) is 17.0 Å². The number of hydrogen-bond acceptors (Lipinski definition) is 4. The zero-order chi connectivity index (χ0) is 12.4. The summed E-state index contributed by atoms with van der Waals surface area (Å²) in [4.78, 5) is 8.44. The number of fused-ring (bicyclic) bond motifs is 1. The van der Waals surface area contributed by atoms with Gasteiger partial charge < -0.3 is 10.6 Å². The van der Waals surface area contributed by atoms with Gasteiger partial charge in [-0.1, -0.05) is 6.07 Å². The molecule has 2 aromatic rings. The molecule has 92 valence electrons. The van der Waals surface area contributed by atoms with Gasteiger partial charge in [-0.05, 0) is 48.6 Å². The Bertz CT molecular complexity index is 565. The normalized spacial score (nSPS) is 13.2. The summed E-state index contributed by atoms with van der Waals surface area (Å²) in [5.41, 5.74) is 4.04. The van der Waals surface area contributed by atoms with Crippen LogP contribution in [0.3, 0.4) is 0 Å². The van der Waals surface area contributed by atoms with E-state index < -0.39 is 0 Å². The van der Waals surface area contributed by atoms with E-state index in [1.165, 1.54) is 30.4 Å². The number of hydrogen-bond donors (Lipinski definition) is 2. The van der Waals surface area contributed by atoms with Crippen LogP contribution in [0.4, 0.5) is 17.5 Å². The van der Waals surface area contributed by atoms with Crippen molar-refractivity contribution in [2.75, 3.05) is 17.7 Å². The summed E-state index contributed by atoms with van der Waals surface area (Å²) >= 11 is 0. The third kappa shape index (κ3) is 2.14. The fourth-order valence-electron chi connectivity index (χ4n) is 2.35. The number of anilines is 3. The second-order valence-electron chi connectivity index (χ2n) is 4.48. The highest BCUT2D eigenvalue weighted by Gasteiger charge is 2.10. The van der Waals surface area contributed by atoms with E-state index in [2.05, 4.69) is 38.8 Å². The highest BCUT2D eigenvalue weighted by molar-refractivity contribution is 5.59. The van der Waals surface area contributed by atoms with Crippen LogP contribution < -0.4 is 10.6 Å². The molecule has 4 heteroatoms. The van der Waals surface area contributed by atoms with Crippen molar-refractivity contribution in [1.82, 2.24) is 9.97 Å². The molecule has 3 rings (SSSR count). The number of aromatic nitrogens is 2.